The first-order valence-electron chi connectivity index (χ1n) is 7.60. The number of rotatable bonds is 5. The number of aromatic nitrogens is 2. The molecule has 0 unspecified atom stereocenters. The Hall–Kier alpha value is -2.21. The second-order valence-corrected chi connectivity index (χ2v) is 6.91. The van der Waals surface area contributed by atoms with E-state index < -0.39 is 0 Å². The highest BCUT2D eigenvalue weighted by Gasteiger charge is 2.22. The predicted molar refractivity (Wildman–Crippen MR) is 91.7 cm³/mol. The summed E-state index contributed by atoms with van der Waals surface area (Å²) in [5, 5.41) is 8.17. The van der Waals surface area contributed by atoms with Gasteiger partial charge in [0.25, 0.3) is 11.5 Å². The zero-order valence-corrected chi connectivity index (χ0v) is 14.4. The number of nitrogens with zero attached hydrogens (tertiary/aromatic N) is 3. The van der Waals surface area contributed by atoms with Gasteiger partial charge >= 0.3 is 0 Å². The summed E-state index contributed by atoms with van der Waals surface area (Å²) < 4.78 is 1.21. The minimum absolute atomic E-state index is 0.0599. The molecule has 6 heteroatoms. The van der Waals surface area contributed by atoms with E-state index in [4.69, 9.17) is 0 Å². The monoisotopic (exact) mass is 316 g/mol. The van der Waals surface area contributed by atoms with Crippen LogP contribution in [-0.2, 0) is 7.05 Å². The number of hydrogen-bond acceptors (Lipinski definition) is 4. The van der Waals surface area contributed by atoms with E-state index in [1.54, 1.807) is 31.3 Å². The zero-order chi connectivity index (χ0) is 17.2. The first-order chi connectivity index (χ1) is 10.7. The van der Waals surface area contributed by atoms with Crippen LogP contribution < -0.4 is 10.9 Å². The summed E-state index contributed by atoms with van der Waals surface area (Å²) in [5.41, 5.74) is 0.0174. The lowest BCUT2D eigenvalue weighted by molar-refractivity contribution is 0.0924. The fourth-order valence-corrected chi connectivity index (χ4v) is 2.78. The number of nitrogens with one attached hydrogen (secondary N) is 1. The summed E-state index contributed by atoms with van der Waals surface area (Å²) in [4.78, 5) is 26.7. The van der Waals surface area contributed by atoms with Crippen molar-refractivity contribution in [2.75, 3.05) is 27.2 Å². The van der Waals surface area contributed by atoms with Gasteiger partial charge in [0.2, 0.25) is 0 Å². The zero-order valence-electron chi connectivity index (χ0n) is 14.4. The first-order valence-corrected chi connectivity index (χ1v) is 7.60. The molecule has 0 saturated heterocycles. The van der Waals surface area contributed by atoms with Crippen molar-refractivity contribution in [1.29, 1.82) is 0 Å². The maximum Gasteiger partial charge on any atom is 0.274 e. The highest BCUT2D eigenvalue weighted by atomic mass is 16.2. The number of benzene rings is 1. The Bertz CT molecular complexity index is 778. The normalized spacial score (nSPS) is 11.9. The van der Waals surface area contributed by atoms with Crippen LogP contribution in [0.15, 0.2) is 29.1 Å². The third-order valence-electron chi connectivity index (χ3n) is 3.64. The molecule has 0 aliphatic rings. The fourth-order valence-electron chi connectivity index (χ4n) is 2.78. The predicted octanol–water partition coefficient (Wildman–Crippen LogP) is 1.25. The molecule has 0 spiro atoms. The van der Waals surface area contributed by atoms with Gasteiger partial charge in [-0.3, -0.25) is 9.59 Å². The van der Waals surface area contributed by atoms with E-state index in [1.807, 2.05) is 14.1 Å². The molecule has 0 aliphatic carbocycles. The van der Waals surface area contributed by atoms with Crippen LogP contribution in [-0.4, -0.2) is 47.8 Å². The van der Waals surface area contributed by atoms with Gasteiger partial charge in [0, 0.05) is 25.5 Å². The van der Waals surface area contributed by atoms with E-state index in [1.165, 1.54) is 4.68 Å². The van der Waals surface area contributed by atoms with Gasteiger partial charge in [0.1, 0.15) is 0 Å². The van der Waals surface area contributed by atoms with Crippen LogP contribution in [0.1, 0.15) is 24.3 Å². The van der Waals surface area contributed by atoms with Gasteiger partial charge in [0.05, 0.1) is 5.39 Å². The first kappa shape index (κ1) is 17.1. The van der Waals surface area contributed by atoms with E-state index in [0.717, 1.165) is 6.54 Å². The van der Waals surface area contributed by atoms with Crippen molar-refractivity contribution in [2.45, 2.75) is 13.8 Å². The molecular weight excluding hydrogens is 292 g/mol. The van der Waals surface area contributed by atoms with E-state index in [0.29, 0.717) is 17.3 Å². The van der Waals surface area contributed by atoms with Gasteiger partial charge in [-0.15, -0.1) is 0 Å². The molecule has 1 aromatic heterocycles. The molecule has 124 valence electrons. The Morgan fingerprint density at radius 1 is 1.26 bits per heavy atom. The van der Waals surface area contributed by atoms with E-state index in [2.05, 4.69) is 29.2 Å². The van der Waals surface area contributed by atoms with Crippen LogP contribution in [0.4, 0.5) is 0 Å². The van der Waals surface area contributed by atoms with E-state index >= 15 is 0 Å². The highest BCUT2D eigenvalue weighted by Crippen LogP contribution is 2.16. The number of hydrogen-bond donors (Lipinski definition) is 1. The van der Waals surface area contributed by atoms with E-state index in [-0.39, 0.29) is 22.6 Å². The fraction of sp³-hybridized carbons (Fsp3) is 0.471. The lowest BCUT2D eigenvalue weighted by Gasteiger charge is -2.28. The SMILES string of the molecule is CN(C)CC(C)(C)CNC(=O)c1nn(C)c(=O)c2ccccc12. The number of amides is 1. The quantitative estimate of drug-likeness (QED) is 0.901. The maximum atomic E-state index is 12.6. The Morgan fingerprint density at radius 2 is 1.87 bits per heavy atom. The molecular formula is C17H24N4O2. The smallest absolute Gasteiger partial charge is 0.274 e. The molecule has 0 fully saturated rings. The van der Waals surface area contributed by atoms with Crippen LogP contribution in [0.2, 0.25) is 0 Å². The van der Waals surface area contributed by atoms with Gasteiger partial charge in [-0.2, -0.15) is 5.10 Å². The van der Waals surface area contributed by atoms with Crippen LogP contribution in [0.3, 0.4) is 0 Å². The molecule has 0 atom stereocenters. The van der Waals surface area contributed by atoms with Gasteiger partial charge < -0.3 is 10.2 Å². The second kappa shape index (κ2) is 6.50. The molecule has 2 rings (SSSR count). The largest absolute Gasteiger partial charge is 0.350 e. The summed E-state index contributed by atoms with van der Waals surface area (Å²) >= 11 is 0. The number of carbonyl (C=O) groups is 1. The Kier molecular flexibility index (Phi) is 4.85. The molecule has 2 aromatic rings. The van der Waals surface area contributed by atoms with E-state index in [9.17, 15) is 9.59 Å². The van der Waals surface area contributed by atoms with Gasteiger partial charge in [-0.05, 0) is 25.6 Å². The van der Waals surface area contributed by atoms with Crippen LogP contribution >= 0.6 is 0 Å². The summed E-state index contributed by atoms with van der Waals surface area (Å²) in [5.74, 6) is -0.261. The van der Waals surface area contributed by atoms with Crippen LogP contribution in [0.25, 0.3) is 10.8 Å². The summed E-state index contributed by atoms with van der Waals surface area (Å²) in [6, 6.07) is 7.05. The molecule has 1 amide bonds. The third kappa shape index (κ3) is 3.96. The Morgan fingerprint density at radius 3 is 2.48 bits per heavy atom. The van der Waals surface area contributed by atoms with Crippen molar-refractivity contribution >= 4 is 16.7 Å². The maximum absolute atomic E-state index is 12.6. The molecule has 6 nitrogen and oxygen atoms in total. The molecule has 1 heterocycles. The van der Waals surface area contributed by atoms with Gasteiger partial charge in [-0.1, -0.05) is 32.0 Å². The number of fused-ring (bicyclic) bond motifs is 1. The van der Waals surface area contributed by atoms with Crippen LogP contribution in [0.5, 0.6) is 0 Å². The third-order valence-corrected chi connectivity index (χ3v) is 3.64. The molecule has 1 N–H and O–H groups in total. The minimum atomic E-state index is -0.261. The molecule has 0 saturated carbocycles. The van der Waals surface area contributed by atoms with Crippen molar-refractivity contribution in [2.24, 2.45) is 12.5 Å². The molecule has 1 aromatic carbocycles. The summed E-state index contributed by atoms with van der Waals surface area (Å²) in [6.07, 6.45) is 0. The molecule has 0 bridgehead atoms. The average Bonchev–Trinajstić information content (AvgIpc) is 2.47. The molecule has 0 aliphatic heterocycles. The number of carbonyl (C=O) groups excluding carboxylic acids is 1. The minimum Gasteiger partial charge on any atom is -0.350 e. The van der Waals surface area contributed by atoms with Crippen LogP contribution in [0, 0.1) is 5.41 Å². The highest BCUT2D eigenvalue weighted by molar-refractivity contribution is 6.04. The lowest BCUT2D eigenvalue weighted by Crippen LogP contribution is -2.40. The summed E-state index contributed by atoms with van der Waals surface area (Å²) in [6.45, 7) is 5.58. The topological polar surface area (TPSA) is 67.2 Å². The second-order valence-electron chi connectivity index (χ2n) is 6.91. The molecule has 0 radical (unpaired) electrons. The standard InChI is InChI=1S/C17H24N4O2/c1-17(2,11-20(3)4)10-18-15(22)14-12-8-6-7-9-13(12)16(23)21(5)19-14/h6-9H,10-11H2,1-5H3,(H,18,22). The lowest BCUT2D eigenvalue weighted by atomic mass is 9.93. The van der Waals surface area contributed by atoms with Crippen molar-refractivity contribution in [1.82, 2.24) is 20.0 Å². The van der Waals surface area contributed by atoms with Crippen molar-refractivity contribution in [3.05, 3.63) is 40.3 Å². The van der Waals surface area contributed by atoms with Crippen molar-refractivity contribution in [3.8, 4) is 0 Å². The Balaban J connectivity index is 2.29. The van der Waals surface area contributed by atoms with Crippen molar-refractivity contribution in [3.63, 3.8) is 0 Å². The average molecular weight is 316 g/mol. The number of aryl methyl sites for hydroxylation is 1. The Labute approximate surface area is 136 Å². The summed E-state index contributed by atoms with van der Waals surface area (Å²) in [7, 11) is 5.57. The van der Waals surface area contributed by atoms with Crippen molar-refractivity contribution < 1.29 is 4.79 Å². The van der Waals surface area contributed by atoms with Gasteiger partial charge in [0.15, 0.2) is 5.69 Å². The van der Waals surface area contributed by atoms with Gasteiger partial charge in [-0.25, -0.2) is 4.68 Å². The molecule has 23 heavy (non-hydrogen) atoms.